The van der Waals surface area contributed by atoms with E-state index in [1.165, 1.54) is 44.9 Å². The third kappa shape index (κ3) is 1.49. The van der Waals surface area contributed by atoms with Crippen molar-refractivity contribution in [2.24, 2.45) is 5.92 Å². The van der Waals surface area contributed by atoms with E-state index in [2.05, 4.69) is 5.32 Å². The molecule has 3 fully saturated rings. The van der Waals surface area contributed by atoms with Gasteiger partial charge >= 0.3 is 0 Å². The van der Waals surface area contributed by atoms with Gasteiger partial charge in [-0.3, -0.25) is 0 Å². The monoisotopic (exact) mass is 195 g/mol. The summed E-state index contributed by atoms with van der Waals surface area (Å²) in [5.74, 6) is 0.815. The molecule has 1 N–H and O–H groups in total. The number of hydrogen-bond donors (Lipinski definition) is 1. The molecule has 2 saturated carbocycles. The van der Waals surface area contributed by atoms with Crippen molar-refractivity contribution < 1.29 is 4.74 Å². The number of ether oxygens (including phenoxy) is 1. The maximum atomic E-state index is 6.20. The van der Waals surface area contributed by atoms with E-state index in [1.807, 2.05) is 0 Å². The minimum Gasteiger partial charge on any atom is -0.373 e. The Balaban J connectivity index is 1.70. The highest BCUT2D eigenvalue weighted by molar-refractivity contribution is 4.95. The molecule has 2 unspecified atom stereocenters. The largest absolute Gasteiger partial charge is 0.373 e. The Hall–Kier alpha value is -0.0800. The third-order valence-corrected chi connectivity index (χ3v) is 4.46. The van der Waals surface area contributed by atoms with Crippen LogP contribution in [0.25, 0.3) is 0 Å². The average Bonchev–Trinajstić information content (AvgIpc) is 2.77. The van der Waals surface area contributed by atoms with Crippen molar-refractivity contribution in [3.8, 4) is 0 Å². The Bertz CT molecular complexity index is 194. The summed E-state index contributed by atoms with van der Waals surface area (Å²) in [6.45, 7) is 2.14. The molecular formula is C12H21NO. The second kappa shape index (κ2) is 3.49. The molecule has 0 aromatic carbocycles. The van der Waals surface area contributed by atoms with Gasteiger partial charge in [0.1, 0.15) is 0 Å². The molecule has 1 aliphatic heterocycles. The van der Waals surface area contributed by atoms with Crippen LogP contribution >= 0.6 is 0 Å². The zero-order valence-corrected chi connectivity index (χ0v) is 8.93. The lowest BCUT2D eigenvalue weighted by molar-refractivity contribution is -0.0392. The lowest BCUT2D eigenvalue weighted by atomic mass is 10.0. The third-order valence-electron chi connectivity index (χ3n) is 4.46. The van der Waals surface area contributed by atoms with E-state index in [0.717, 1.165) is 25.1 Å². The Morgan fingerprint density at radius 1 is 1.07 bits per heavy atom. The summed E-state index contributed by atoms with van der Waals surface area (Å²) in [6, 6.07) is 0.773. The summed E-state index contributed by atoms with van der Waals surface area (Å²) >= 11 is 0. The molecule has 2 aliphatic carbocycles. The van der Waals surface area contributed by atoms with Gasteiger partial charge in [0.15, 0.2) is 0 Å². The van der Waals surface area contributed by atoms with Crippen LogP contribution in [0, 0.1) is 5.92 Å². The SMILES string of the molecule is C1CC2COC3(CCCC3)CNC2C1. The van der Waals surface area contributed by atoms with Crippen LogP contribution in [-0.4, -0.2) is 24.8 Å². The first-order chi connectivity index (χ1) is 6.88. The molecule has 0 radical (unpaired) electrons. The second-order valence-corrected chi connectivity index (χ2v) is 5.38. The van der Waals surface area contributed by atoms with Crippen LogP contribution in [0.2, 0.25) is 0 Å². The molecule has 1 heterocycles. The van der Waals surface area contributed by atoms with E-state index in [1.54, 1.807) is 0 Å². The first-order valence-corrected chi connectivity index (χ1v) is 6.25. The quantitative estimate of drug-likeness (QED) is 0.639. The highest BCUT2D eigenvalue weighted by Crippen LogP contribution is 2.37. The molecule has 2 atom stereocenters. The molecule has 3 aliphatic rings. The summed E-state index contributed by atoms with van der Waals surface area (Å²) in [5.41, 5.74) is 0.240. The van der Waals surface area contributed by atoms with Crippen LogP contribution in [-0.2, 0) is 4.74 Å². The Morgan fingerprint density at radius 3 is 2.79 bits per heavy atom. The molecule has 3 rings (SSSR count). The van der Waals surface area contributed by atoms with Gasteiger partial charge in [0.05, 0.1) is 12.2 Å². The van der Waals surface area contributed by atoms with Crippen LogP contribution in [0.15, 0.2) is 0 Å². The topological polar surface area (TPSA) is 21.3 Å². The molecule has 1 spiro atoms. The van der Waals surface area contributed by atoms with Crippen molar-refractivity contribution in [3.63, 3.8) is 0 Å². The van der Waals surface area contributed by atoms with Gasteiger partial charge in [-0.25, -0.2) is 0 Å². The van der Waals surface area contributed by atoms with Gasteiger partial charge in [0, 0.05) is 12.6 Å². The predicted molar refractivity (Wildman–Crippen MR) is 56.3 cm³/mol. The molecule has 0 bridgehead atoms. The fourth-order valence-electron chi connectivity index (χ4n) is 3.50. The van der Waals surface area contributed by atoms with Crippen molar-refractivity contribution in [2.45, 2.75) is 56.6 Å². The second-order valence-electron chi connectivity index (χ2n) is 5.38. The molecule has 1 saturated heterocycles. The summed E-state index contributed by atoms with van der Waals surface area (Å²) in [6.07, 6.45) is 9.49. The summed E-state index contributed by atoms with van der Waals surface area (Å²) in [7, 11) is 0. The Labute approximate surface area is 86.4 Å². The zero-order valence-electron chi connectivity index (χ0n) is 8.93. The van der Waals surface area contributed by atoms with E-state index in [4.69, 9.17) is 4.74 Å². The van der Waals surface area contributed by atoms with Crippen LogP contribution < -0.4 is 5.32 Å². The summed E-state index contributed by atoms with van der Waals surface area (Å²) < 4.78 is 6.20. The average molecular weight is 195 g/mol. The van der Waals surface area contributed by atoms with Gasteiger partial charge < -0.3 is 10.1 Å². The normalized spacial score (nSPS) is 41.1. The van der Waals surface area contributed by atoms with Gasteiger partial charge in [0.25, 0.3) is 0 Å². The number of rotatable bonds is 0. The number of hydrogen-bond acceptors (Lipinski definition) is 2. The minimum atomic E-state index is 0.240. The first kappa shape index (κ1) is 9.17. The van der Waals surface area contributed by atoms with Gasteiger partial charge in [-0.05, 0) is 31.6 Å². The molecule has 0 amide bonds. The van der Waals surface area contributed by atoms with Crippen LogP contribution in [0.1, 0.15) is 44.9 Å². The Kier molecular flexibility index (Phi) is 2.29. The fourth-order valence-corrected chi connectivity index (χ4v) is 3.50. The van der Waals surface area contributed by atoms with Crippen molar-refractivity contribution in [1.29, 1.82) is 0 Å². The highest BCUT2D eigenvalue weighted by Gasteiger charge is 2.40. The highest BCUT2D eigenvalue weighted by atomic mass is 16.5. The lowest BCUT2D eigenvalue weighted by Crippen LogP contribution is -2.41. The predicted octanol–water partition coefficient (Wildman–Crippen LogP) is 2.09. The van der Waals surface area contributed by atoms with Gasteiger partial charge in [-0.15, -0.1) is 0 Å². The summed E-state index contributed by atoms with van der Waals surface area (Å²) in [4.78, 5) is 0. The smallest absolute Gasteiger partial charge is 0.0806 e. The molecule has 2 heteroatoms. The van der Waals surface area contributed by atoms with Crippen molar-refractivity contribution in [3.05, 3.63) is 0 Å². The van der Waals surface area contributed by atoms with Crippen LogP contribution in [0.5, 0.6) is 0 Å². The van der Waals surface area contributed by atoms with E-state index >= 15 is 0 Å². The van der Waals surface area contributed by atoms with E-state index in [9.17, 15) is 0 Å². The number of fused-ring (bicyclic) bond motifs is 1. The maximum absolute atomic E-state index is 6.20. The molecule has 0 aromatic rings. The lowest BCUT2D eigenvalue weighted by Gasteiger charge is -2.27. The molecule has 2 nitrogen and oxygen atoms in total. The van der Waals surface area contributed by atoms with Gasteiger partial charge in [0.2, 0.25) is 0 Å². The Morgan fingerprint density at radius 2 is 1.93 bits per heavy atom. The standard InChI is InChI=1S/C12H21NO/c1-2-7-12(6-1)9-13-11-5-3-4-10(11)8-14-12/h10-11,13H,1-9H2. The first-order valence-electron chi connectivity index (χ1n) is 6.25. The van der Waals surface area contributed by atoms with Crippen molar-refractivity contribution in [1.82, 2.24) is 5.32 Å². The zero-order chi connectivity index (χ0) is 9.43. The van der Waals surface area contributed by atoms with Crippen LogP contribution in [0.3, 0.4) is 0 Å². The number of nitrogens with one attached hydrogen (secondary N) is 1. The minimum absolute atomic E-state index is 0.240. The van der Waals surface area contributed by atoms with E-state index in [0.29, 0.717) is 0 Å². The van der Waals surface area contributed by atoms with E-state index in [-0.39, 0.29) is 5.60 Å². The van der Waals surface area contributed by atoms with Crippen molar-refractivity contribution >= 4 is 0 Å². The van der Waals surface area contributed by atoms with E-state index < -0.39 is 0 Å². The molecule has 80 valence electrons. The maximum Gasteiger partial charge on any atom is 0.0806 e. The fraction of sp³-hybridized carbons (Fsp3) is 1.00. The molecule has 0 aromatic heterocycles. The van der Waals surface area contributed by atoms with Gasteiger partial charge in [-0.1, -0.05) is 19.3 Å². The summed E-state index contributed by atoms with van der Waals surface area (Å²) in [5, 5.41) is 3.75. The van der Waals surface area contributed by atoms with Crippen molar-refractivity contribution in [2.75, 3.05) is 13.2 Å². The molecular weight excluding hydrogens is 174 g/mol. The molecule has 14 heavy (non-hydrogen) atoms. The van der Waals surface area contributed by atoms with Gasteiger partial charge in [-0.2, -0.15) is 0 Å². The van der Waals surface area contributed by atoms with Crippen LogP contribution in [0.4, 0.5) is 0 Å².